The van der Waals surface area contributed by atoms with E-state index < -0.39 is 0 Å². The lowest BCUT2D eigenvalue weighted by molar-refractivity contribution is -0.122. The maximum atomic E-state index is 11.9. The second-order valence-electron chi connectivity index (χ2n) is 5.63. The van der Waals surface area contributed by atoms with Crippen LogP contribution in [0, 0.1) is 5.92 Å². The van der Waals surface area contributed by atoms with Crippen molar-refractivity contribution in [1.29, 1.82) is 0 Å². The standard InChI is InChI=1S/C16H25NO2S/c1-19-15(14-9-10-20-12-14)11-17-16(18)8-7-13-5-3-2-4-6-13/h9-10,12-13,15H,2-8,11H2,1H3,(H,17,18). The third kappa shape index (κ3) is 4.91. The summed E-state index contributed by atoms with van der Waals surface area (Å²) in [4.78, 5) is 11.9. The van der Waals surface area contributed by atoms with Crippen LogP contribution < -0.4 is 5.32 Å². The summed E-state index contributed by atoms with van der Waals surface area (Å²) in [5.41, 5.74) is 1.14. The molecular weight excluding hydrogens is 270 g/mol. The zero-order chi connectivity index (χ0) is 14.2. The first kappa shape index (κ1) is 15.5. The minimum absolute atomic E-state index is 0.0279. The predicted molar refractivity (Wildman–Crippen MR) is 82.9 cm³/mol. The molecule has 1 N–H and O–H groups in total. The van der Waals surface area contributed by atoms with Gasteiger partial charge in [-0.15, -0.1) is 0 Å². The lowest BCUT2D eigenvalue weighted by Crippen LogP contribution is -2.29. The molecule has 1 amide bonds. The topological polar surface area (TPSA) is 38.3 Å². The lowest BCUT2D eigenvalue weighted by Gasteiger charge is -2.21. The average Bonchev–Trinajstić information content (AvgIpc) is 3.01. The molecule has 1 aromatic heterocycles. The van der Waals surface area contributed by atoms with Crippen molar-refractivity contribution in [1.82, 2.24) is 5.32 Å². The van der Waals surface area contributed by atoms with Gasteiger partial charge in [0.1, 0.15) is 6.10 Å². The molecule has 1 aliphatic carbocycles. The van der Waals surface area contributed by atoms with Gasteiger partial charge < -0.3 is 10.1 Å². The van der Waals surface area contributed by atoms with Crippen LogP contribution in [-0.4, -0.2) is 19.6 Å². The summed E-state index contributed by atoms with van der Waals surface area (Å²) >= 11 is 1.65. The first-order valence-electron chi connectivity index (χ1n) is 7.61. The van der Waals surface area contributed by atoms with E-state index in [0.717, 1.165) is 17.9 Å². The van der Waals surface area contributed by atoms with Crippen LogP contribution in [0.2, 0.25) is 0 Å². The van der Waals surface area contributed by atoms with Crippen LogP contribution in [0.3, 0.4) is 0 Å². The zero-order valence-electron chi connectivity index (χ0n) is 12.3. The first-order valence-corrected chi connectivity index (χ1v) is 8.55. The SMILES string of the molecule is COC(CNC(=O)CCC1CCCCC1)c1ccsc1. The number of nitrogens with one attached hydrogen (secondary N) is 1. The number of thiophene rings is 1. The number of rotatable bonds is 7. The molecule has 3 nitrogen and oxygen atoms in total. The third-order valence-electron chi connectivity index (χ3n) is 4.19. The van der Waals surface area contributed by atoms with Crippen molar-refractivity contribution in [2.45, 2.75) is 51.0 Å². The second kappa shape index (κ2) is 8.42. The number of methoxy groups -OCH3 is 1. The van der Waals surface area contributed by atoms with Crippen molar-refractivity contribution < 1.29 is 9.53 Å². The molecule has 1 aliphatic rings. The van der Waals surface area contributed by atoms with E-state index >= 15 is 0 Å². The Kier molecular flexibility index (Phi) is 6.54. The van der Waals surface area contributed by atoms with Crippen molar-refractivity contribution in [3.63, 3.8) is 0 Å². The maximum Gasteiger partial charge on any atom is 0.220 e. The second-order valence-corrected chi connectivity index (χ2v) is 6.41. The Hall–Kier alpha value is -0.870. The smallest absolute Gasteiger partial charge is 0.220 e. The third-order valence-corrected chi connectivity index (χ3v) is 4.89. The van der Waals surface area contributed by atoms with Gasteiger partial charge in [0.05, 0.1) is 0 Å². The Morgan fingerprint density at radius 3 is 2.90 bits per heavy atom. The van der Waals surface area contributed by atoms with E-state index in [1.807, 2.05) is 11.4 Å². The van der Waals surface area contributed by atoms with Gasteiger partial charge in [-0.05, 0) is 34.7 Å². The van der Waals surface area contributed by atoms with E-state index in [-0.39, 0.29) is 12.0 Å². The van der Waals surface area contributed by atoms with Crippen molar-refractivity contribution in [2.24, 2.45) is 5.92 Å². The summed E-state index contributed by atoms with van der Waals surface area (Å²) in [6.07, 6.45) is 8.35. The summed E-state index contributed by atoms with van der Waals surface area (Å²) in [6, 6.07) is 2.05. The molecule has 0 radical (unpaired) electrons. The highest BCUT2D eigenvalue weighted by molar-refractivity contribution is 7.07. The summed E-state index contributed by atoms with van der Waals surface area (Å²) in [6.45, 7) is 0.566. The molecule has 1 heterocycles. The van der Waals surface area contributed by atoms with E-state index in [2.05, 4.69) is 10.7 Å². The van der Waals surface area contributed by atoms with Gasteiger partial charge in [0.25, 0.3) is 0 Å². The van der Waals surface area contributed by atoms with Crippen LogP contribution in [0.15, 0.2) is 16.8 Å². The van der Waals surface area contributed by atoms with E-state index in [1.165, 1.54) is 32.1 Å². The molecule has 1 unspecified atom stereocenters. The number of ether oxygens (including phenoxy) is 1. The van der Waals surface area contributed by atoms with Crippen LogP contribution in [0.25, 0.3) is 0 Å². The van der Waals surface area contributed by atoms with E-state index in [1.54, 1.807) is 18.4 Å². The number of amides is 1. The number of carbonyl (C=O) groups is 1. The fourth-order valence-electron chi connectivity index (χ4n) is 2.90. The number of hydrogen-bond donors (Lipinski definition) is 1. The Morgan fingerprint density at radius 1 is 1.45 bits per heavy atom. The molecule has 0 bridgehead atoms. The molecule has 112 valence electrons. The Morgan fingerprint density at radius 2 is 2.25 bits per heavy atom. The maximum absolute atomic E-state index is 11.9. The van der Waals surface area contributed by atoms with Crippen LogP contribution in [0.4, 0.5) is 0 Å². The van der Waals surface area contributed by atoms with Crippen molar-refractivity contribution >= 4 is 17.2 Å². The van der Waals surface area contributed by atoms with Gasteiger partial charge in [-0.2, -0.15) is 11.3 Å². The van der Waals surface area contributed by atoms with Crippen molar-refractivity contribution in [2.75, 3.05) is 13.7 Å². The highest BCUT2D eigenvalue weighted by atomic mass is 32.1. The van der Waals surface area contributed by atoms with Crippen LogP contribution in [-0.2, 0) is 9.53 Å². The van der Waals surface area contributed by atoms with Gasteiger partial charge >= 0.3 is 0 Å². The molecule has 0 aliphatic heterocycles. The number of carbonyl (C=O) groups excluding carboxylic acids is 1. The minimum Gasteiger partial charge on any atom is -0.375 e. The molecule has 1 saturated carbocycles. The summed E-state index contributed by atoms with van der Waals surface area (Å²) in [5, 5.41) is 7.11. The largest absolute Gasteiger partial charge is 0.375 e. The molecule has 4 heteroatoms. The van der Waals surface area contributed by atoms with Gasteiger partial charge in [0.15, 0.2) is 0 Å². The van der Waals surface area contributed by atoms with Crippen LogP contribution in [0.1, 0.15) is 56.6 Å². The normalized spacial score (nSPS) is 17.9. The molecule has 1 atom stereocenters. The highest BCUT2D eigenvalue weighted by Gasteiger charge is 2.16. The molecule has 0 saturated heterocycles. The fourth-order valence-corrected chi connectivity index (χ4v) is 3.60. The van der Waals surface area contributed by atoms with Gasteiger partial charge in [-0.1, -0.05) is 32.1 Å². The summed E-state index contributed by atoms with van der Waals surface area (Å²) in [5.74, 6) is 0.928. The molecule has 0 aromatic carbocycles. The zero-order valence-corrected chi connectivity index (χ0v) is 13.1. The average molecular weight is 295 g/mol. The quantitative estimate of drug-likeness (QED) is 0.828. The van der Waals surface area contributed by atoms with Crippen LogP contribution >= 0.6 is 11.3 Å². The van der Waals surface area contributed by atoms with E-state index in [0.29, 0.717) is 13.0 Å². The molecule has 20 heavy (non-hydrogen) atoms. The van der Waals surface area contributed by atoms with Gasteiger partial charge in [0.2, 0.25) is 5.91 Å². The van der Waals surface area contributed by atoms with Gasteiger partial charge in [-0.3, -0.25) is 4.79 Å². The summed E-state index contributed by atoms with van der Waals surface area (Å²) < 4.78 is 5.43. The van der Waals surface area contributed by atoms with Gasteiger partial charge in [-0.25, -0.2) is 0 Å². The Bertz CT molecular complexity index is 385. The molecule has 2 rings (SSSR count). The highest BCUT2D eigenvalue weighted by Crippen LogP contribution is 2.27. The lowest BCUT2D eigenvalue weighted by atomic mass is 9.86. The summed E-state index contributed by atoms with van der Waals surface area (Å²) in [7, 11) is 1.69. The molecular formula is C16H25NO2S. The van der Waals surface area contributed by atoms with E-state index in [4.69, 9.17) is 4.74 Å². The number of hydrogen-bond acceptors (Lipinski definition) is 3. The Labute approximate surface area is 125 Å². The Balaban J connectivity index is 1.66. The molecule has 1 fully saturated rings. The minimum atomic E-state index is -0.0279. The van der Waals surface area contributed by atoms with Crippen molar-refractivity contribution in [3.05, 3.63) is 22.4 Å². The molecule has 1 aromatic rings. The van der Waals surface area contributed by atoms with Crippen LogP contribution in [0.5, 0.6) is 0 Å². The predicted octanol–water partition coefficient (Wildman–Crippen LogP) is 3.91. The van der Waals surface area contributed by atoms with Crippen molar-refractivity contribution in [3.8, 4) is 0 Å². The fraction of sp³-hybridized carbons (Fsp3) is 0.688. The van der Waals surface area contributed by atoms with Gasteiger partial charge in [0, 0.05) is 20.1 Å². The molecule has 0 spiro atoms. The monoisotopic (exact) mass is 295 g/mol. The first-order chi connectivity index (χ1) is 9.79. The van der Waals surface area contributed by atoms with E-state index in [9.17, 15) is 4.79 Å².